The second-order valence-corrected chi connectivity index (χ2v) is 5.15. The standard InChI is InChI=1S/C17H21N3O2/c1-13-16(9-10-17(22)19(3)11-12-21)14(2)20(18-13)15-7-5-4-6-8-15/h4-10,21H,11-12H2,1-3H3/b10-9+. The van der Waals surface area contributed by atoms with Crippen molar-refractivity contribution in [3.63, 3.8) is 0 Å². The fourth-order valence-electron chi connectivity index (χ4n) is 2.26. The van der Waals surface area contributed by atoms with Crippen LogP contribution in [0.5, 0.6) is 0 Å². The summed E-state index contributed by atoms with van der Waals surface area (Å²) in [5.74, 6) is -0.139. The molecule has 2 aromatic rings. The van der Waals surface area contributed by atoms with Gasteiger partial charge < -0.3 is 10.0 Å². The molecule has 1 amide bonds. The average Bonchev–Trinajstić information content (AvgIpc) is 2.81. The van der Waals surface area contributed by atoms with Crippen molar-refractivity contribution < 1.29 is 9.90 Å². The van der Waals surface area contributed by atoms with Crippen LogP contribution in [0.15, 0.2) is 36.4 Å². The Morgan fingerprint density at radius 2 is 2.00 bits per heavy atom. The van der Waals surface area contributed by atoms with E-state index in [9.17, 15) is 4.79 Å². The van der Waals surface area contributed by atoms with Gasteiger partial charge in [-0.1, -0.05) is 18.2 Å². The van der Waals surface area contributed by atoms with Gasteiger partial charge in [-0.25, -0.2) is 4.68 Å². The lowest BCUT2D eigenvalue weighted by Gasteiger charge is -2.12. The predicted molar refractivity (Wildman–Crippen MR) is 86.8 cm³/mol. The lowest BCUT2D eigenvalue weighted by Crippen LogP contribution is -2.27. The molecule has 1 aromatic carbocycles. The number of hydrogen-bond donors (Lipinski definition) is 1. The average molecular weight is 299 g/mol. The summed E-state index contributed by atoms with van der Waals surface area (Å²) in [6.45, 7) is 4.19. The highest BCUT2D eigenvalue weighted by molar-refractivity contribution is 5.91. The highest BCUT2D eigenvalue weighted by Gasteiger charge is 2.11. The largest absolute Gasteiger partial charge is 0.395 e. The number of aryl methyl sites for hydroxylation is 1. The Labute approximate surface area is 130 Å². The van der Waals surface area contributed by atoms with Crippen molar-refractivity contribution in [1.29, 1.82) is 0 Å². The molecule has 0 atom stereocenters. The molecule has 0 fully saturated rings. The minimum atomic E-state index is -0.139. The Morgan fingerprint density at radius 3 is 2.64 bits per heavy atom. The number of aliphatic hydroxyl groups excluding tert-OH is 1. The maximum Gasteiger partial charge on any atom is 0.246 e. The molecule has 0 unspecified atom stereocenters. The quantitative estimate of drug-likeness (QED) is 0.859. The summed E-state index contributed by atoms with van der Waals surface area (Å²) in [5.41, 5.74) is 3.79. The first-order chi connectivity index (χ1) is 10.5. The Balaban J connectivity index is 2.26. The number of carbonyl (C=O) groups excluding carboxylic acids is 1. The zero-order chi connectivity index (χ0) is 16.1. The Bertz CT molecular complexity index is 675. The number of para-hydroxylation sites is 1. The third-order valence-corrected chi connectivity index (χ3v) is 3.55. The van der Waals surface area contributed by atoms with E-state index < -0.39 is 0 Å². The van der Waals surface area contributed by atoms with Gasteiger partial charge in [0.05, 0.1) is 18.0 Å². The molecule has 0 aliphatic carbocycles. The van der Waals surface area contributed by atoms with Gasteiger partial charge in [-0.2, -0.15) is 5.10 Å². The van der Waals surface area contributed by atoms with Gasteiger partial charge in [0, 0.05) is 30.9 Å². The highest BCUT2D eigenvalue weighted by Crippen LogP contribution is 2.19. The van der Waals surface area contributed by atoms with E-state index in [0.717, 1.165) is 22.6 Å². The molecule has 1 aromatic heterocycles. The summed E-state index contributed by atoms with van der Waals surface area (Å²) >= 11 is 0. The van der Waals surface area contributed by atoms with Gasteiger partial charge in [0.1, 0.15) is 0 Å². The van der Waals surface area contributed by atoms with Crippen LogP contribution in [0.2, 0.25) is 0 Å². The molecule has 1 N–H and O–H groups in total. The molecule has 22 heavy (non-hydrogen) atoms. The number of carbonyl (C=O) groups is 1. The summed E-state index contributed by atoms with van der Waals surface area (Å²) in [7, 11) is 1.66. The van der Waals surface area contributed by atoms with E-state index in [1.54, 1.807) is 13.1 Å². The van der Waals surface area contributed by atoms with Crippen LogP contribution in [0, 0.1) is 13.8 Å². The lowest BCUT2D eigenvalue weighted by molar-refractivity contribution is -0.125. The van der Waals surface area contributed by atoms with E-state index in [-0.39, 0.29) is 12.5 Å². The Morgan fingerprint density at radius 1 is 1.32 bits per heavy atom. The Hall–Kier alpha value is -2.40. The van der Waals surface area contributed by atoms with Crippen molar-refractivity contribution in [2.24, 2.45) is 0 Å². The first-order valence-electron chi connectivity index (χ1n) is 7.20. The van der Waals surface area contributed by atoms with Crippen molar-refractivity contribution in [2.45, 2.75) is 13.8 Å². The SMILES string of the molecule is Cc1nn(-c2ccccc2)c(C)c1/C=C/C(=O)N(C)CCO. The summed E-state index contributed by atoms with van der Waals surface area (Å²) in [6, 6.07) is 9.88. The molecular weight excluding hydrogens is 278 g/mol. The van der Waals surface area contributed by atoms with Crippen molar-refractivity contribution in [3.8, 4) is 5.69 Å². The first-order valence-corrected chi connectivity index (χ1v) is 7.20. The van der Waals surface area contributed by atoms with Crippen molar-refractivity contribution in [3.05, 3.63) is 53.4 Å². The maximum absolute atomic E-state index is 11.9. The molecule has 0 saturated heterocycles. The molecule has 0 aliphatic rings. The van der Waals surface area contributed by atoms with Gasteiger partial charge >= 0.3 is 0 Å². The third-order valence-electron chi connectivity index (χ3n) is 3.55. The summed E-state index contributed by atoms with van der Waals surface area (Å²) in [5, 5.41) is 13.4. The van der Waals surface area contributed by atoms with Crippen LogP contribution in [0.3, 0.4) is 0 Å². The van der Waals surface area contributed by atoms with Crippen LogP contribution >= 0.6 is 0 Å². The second kappa shape index (κ2) is 7.04. The van der Waals surface area contributed by atoms with E-state index in [2.05, 4.69) is 5.10 Å². The summed E-state index contributed by atoms with van der Waals surface area (Å²) in [4.78, 5) is 13.4. The number of nitrogens with zero attached hydrogens (tertiary/aromatic N) is 3. The number of amides is 1. The molecule has 0 bridgehead atoms. The molecule has 5 nitrogen and oxygen atoms in total. The van der Waals surface area contributed by atoms with Crippen molar-refractivity contribution >= 4 is 12.0 Å². The number of benzene rings is 1. The molecule has 0 spiro atoms. The van der Waals surface area contributed by atoms with Crippen LogP contribution < -0.4 is 0 Å². The van der Waals surface area contributed by atoms with Crippen LogP contribution in [-0.2, 0) is 4.79 Å². The number of aromatic nitrogens is 2. The topological polar surface area (TPSA) is 58.4 Å². The van der Waals surface area contributed by atoms with Crippen LogP contribution in [0.4, 0.5) is 0 Å². The fourth-order valence-corrected chi connectivity index (χ4v) is 2.26. The minimum absolute atomic E-state index is 0.0416. The van der Waals surface area contributed by atoms with Crippen LogP contribution in [0.25, 0.3) is 11.8 Å². The smallest absolute Gasteiger partial charge is 0.246 e. The van der Waals surface area contributed by atoms with Gasteiger partial charge in [0.25, 0.3) is 0 Å². The van der Waals surface area contributed by atoms with E-state index in [1.807, 2.05) is 48.9 Å². The van der Waals surface area contributed by atoms with Crippen LogP contribution in [0.1, 0.15) is 17.0 Å². The molecule has 1 heterocycles. The van der Waals surface area contributed by atoms with Gasteiger partial charge in [0.15, 0.2) is 0 Å². The second-order valence-electron chi connectivity index (χ2n) is 5.15. The molecule has 0 radical (unpaired) electrons. The molecule has 116 valence electrons. The van der Waals surface area contributed by atoms with Gasteiger partial charge in [-0.05, 0) is 32.1 Å². The monoisotopic (exact) mass is 299 g/mol. The molecule has 0 aliphatic heterocycles. The zero-order valence-corrected chi connectivity index (χ0v) is 13.2. The normalized spacial score (nSPS) is 11.1. The molecule has 2 rings (SSSR count). The molecular formula is C17H21N3O2. The lowest BCUT2D eigenvalue weighted by atomic mass is 10.2. The van der Waals surface area contributed by atoms with Crippen LogP contribution in [-0.4, -0.2) is 45.9 Å². The van der Waals surface area contributed by atoms with E-state index in [1.165, 1.54) is 11.0 Å². The van der Waals surface area contributed by atoms with Gasteiger partial charge in [-0.15, -0.1) is 0 Å². The summed E-state index contributed by atoms with van der Waals surface area (Å²) < 4.78 is 1.87. The fraction of sp³-hybridized carbons (Fsp3) is 0.294. The van der Waals surface area contributed by atoms with Gasteiger partial charge in [0.2, 0.25) is 5.91 Å². The van der Waals surface area contributed by atoms with Crippen molar-refractivity contribution in [1.82, 2.24) is 14.7 Å². The first kappa shape index (κ1) is 16.0. The minimum Gasteiger partial charge on any atom is -0.395 e. The van der Waals surface area contributed by atoms with Gasteiger partial charge in [-0.3, -0.25) is 4.79 Å². The maximum atomic E-state index is 11.9. The van der Waals surface area contributed by atoms with E-state index in [4.69, 9.17) is 5.11 Å². The number of aliphatic hydroxyl groups is 1. The third kappa shape index (κ3) is 3.43. The Kier molecular flexibility index (Phi) is 5.12. The van der Waals surface area contributed by atoms with E-state index >= 15 is 0 Å². The number of rotatable bonds is 5. The molecule has 0 saturated carbocycles. The zero-order valence-electron chi connectivity index (χ0n) is 13.2. The number of likely N-dealkylation sites (N-methyl/N-ethyl adjacent to an activating group) is 1. The van der Waals surface area contributed by atoms with E-state index in [0.29, 0.717) is 6.54 Å². The van der Waals surface area contributed by atoms with Crippen molar-refractivity contribution in [2.75, 3.05) is 20.2 Å². The predicted octanol–water partition coefficient (Wildman–Crippen LogP) is 1.95. The number of hydrogen-bond acceptors (Lipinski definition) is 3. The highest BCUT2D eigenvalue weighted by atomic mass is 16.3. The molecule has 5 heteroatoms. The summed E-state index contributed by atoms with van der Waals surface area (Å²) in [6.07, 6.45) is 3.30.